The number of halogens is 1. The van der Waals surface area contributed by atoms with Gasteiger partial charge in [0.15, 0.2) is 17.6 Å². The molecule has 0 aliphatic carbocycles. The molecular formula is C19H22FNO4. The zero-order valence-corrected chi connectivity index (χ0v) is 14.3. The molecule has 1 aliphatic heterocycles. The van der Waals surface area contributed by atoms with E-state index in [2.05, 4.69) is 5.32 Å². The van der Waals surface area contributed by atoms with Gasteiger partial charge in [-0.05, 0) is 29.8 Å². The molecule has 1 N–H and O–H groups in total. The summed E-state index contributed by atoms with van der Waals surface area (Å²) in [5, 5.41) is 3.31. The Hall–Kier alpha value is -2.31. The summed E-state index contributed by atoms with van der Waals surface area (Å²) in [6.45, 7) is 2.07. The van der Waals surface area contributed by atoms with Gasteiger partial charge in [-0.1, -0.05) is 12.1 Å². The van der Waals surface area contributed by atoms with Crippen LogP contribution >= 0.6 is 0 Å². The van der Waals surface area contributed by atoms with Gasteiger partial charge in [-0.3, -0.25) is 0 Å². The third kappa shape index (κ3) is 4.21. The van der Waals surface area contributed by atoms with Crippen molar-refractivity contribution < 1.29 is 23.3 Å². The second-order valence-electron chi connectivity index (χ2n) is 5.72. The Labute approximate surface area is 146 Å². The summed E-state index contributed by atoms with van der Waals surface area (Å²) in [6.07, 6.45) is -0.571. The summed E-state index contributed by atoms with van der Waals surface area (Å²) in [7, 11) is 3.11. The predicted octanol–water partition coefficient (Wildman–Crippen LogP) is 2.95. The lowest BCUT2D eigenvalue weighted by Crippen LogP contribution is -2.43. The molecule has 0 bridgehead atoms. The highest BCUT2D eigenvalue weighted by Crippen LogP contribution is 2.35. The van der Waals surface area contributed by atoms with Crippen molar-refractivity contribution in [2.24, 2.45) is 0 Å². The number of rotatable bonds is 6. The van der Waals surface area contributed by atoms with Crippen LogP contribution in [0, 0.1) is 5.82 Å². The van der Waals surface area contributed by atoms with Gasteiger partial charge in [-0.2, -0.15) is 0 Å². The SMILES string of the molecule is COc1cccc([C@H](Oc2ccc(F)cc2OC)[C@@H]2CNCCO2)c1. The minimum absolute atomic E-state index is 0.185. The van der Waals surface area contributed by atoms with Gasteiger partial charge >= 0.3 is 0 Å². The molecule has 1 heterocycles. The fraction of sp³-hybridized carbons (Fsp3) is 0.368. The second kappa shape index (κ2) is 8.18. The molecular weight excluding hydrogens is 325 g/mol. The topological polar surface area (TPSA) is 49.0 Å². The van der Waals surface area contributed by atoms with Crippen LogP contribution in [0.4, 0.5) is 4.39 Å². The van der Waals surface area contributed by atoms with Crippen LogP contribution in [0.25, 0.3) is 0 Å². The first-order valence-corrected chi connectivity index (χ1v) is 8.17. The zero-order chi connectivity index (χ0) is 17.6. The molecule has 0 amide bonds. The van der Waals surface area contributed by atoms with E-state index in [-0.39, 0.29) is 18.0 Å². The van der Waals surface area contributed by atoms with E-state index in [1.165, 1.54) is 19.2 Å². The molecule has 2 atom stereocenters. The number of benzene rings is 2. The van der Waals surface area contributed by atoms with Gasteiger partial charge in [0.25, 0.3) is 0 Å². The minimum Gasteiger partial charge on any atom is -0.497 e. The highest BCUT2D eigenvalue weighted by molar-refractivity contribution is 5.41. The molecule has 0 radical (unpaired) electrons. The molecule has 0 aromatic heterocycles. The average Bonchev–Trinajstić information content (AvgIpc) is 2.67. The monoisotopic (exact) mass is 347 g/mol. The van der Waals surface area contributed by atoms with Gasteiger partial charge in [0.05, 0.1) is 20.8 Å². The van der Waals surface area contributed by atoms with E-state index in [0.717, 1.165) is 17.9 Å². The Balaban J connectivity index is 1.93. The molecule has 2 aromatic carbocycles. The maximum absolute atomic E-state index is 13.5. The standard InChI is InChI=1S/C19H22FNO4/c1-22-15-5-3-4-13(10-15)19(18-12-21-8-9-24-18)25-16-7-6-14(20)11-17(16)23-2/h3-7,10-11,18-19,21H,8-9,12H2,1-2H3/t18-,19-/m0/s1. The van der Waals surface area contributed by atoms with E-state index in [1.807, 2.05) is 24.3 Å². The van der Waals surface area contributed by atoms with Gasteiger partial charge in [0.1, 0.15) is 17.7 Å². The lowest BCUT2D eigenvalue weighted by atomic mass is 10.0. The van der Waals surface area contributed by atoms with Crippen molar-refractivity contribution in [3.05, 3.63) is 53.8 Å². The number of hydrogen-bond donors (Lipinski definition) is 1. The third-order valence-electron chi connectivity index (χ3n) is 4.10. The summed E-state index contributed by atoms with van der Waals surface area (Å²) in [4.78, 5) is 0. The molecule has 0 saturated carbocycles. The van der Waals surface area contributed by atoms with E-state index in [0.29, 0.717) is 24.7 Å². The molecule has 134 valence electrons. The Kier molecular flexibility index (Phi) is 5.73. The van der Waals surface area contributed by atoms with Crippen LogP contribution in [-0.4, -0.2) is 40.0 Å². The van der Waals surface area contributed by atoms with Crippen LogP contribution in [0.3, 0.4) is 0 Å². The largest absolute Gasteiger partial charge is 0.497 e. The van der Waals surface area contributed by atoms with Crippen molar-refractivity contribution in [2.75, 3.05) is 33.9 Å². The first-order chi connectivity index (χ1) is 12.2. The Morgan fingerprint density at radius 3 is 2.72 bits per heavy atom. The fourth-order valence-electron chi connectivity index (χ4n) is 2.83. The Morgan fingerprint density at radius 1 is 1.12 bits per heavy atom. The van der Waals surface area contributed by atoms with Gasteiger partial charge < -0.3 is 24.3 Å². The molecule has 0 spiro atoms. The highest BCUT2D eigenvalue weighted by Gasteiger charge is 2.29. The number of ether oxygens (including phenoxy) is 4. The lowest BCUT2D eigenvalue weighted by Gasteiger charge is -2.32. The number of methoxy groups -OCH3 is 2. The summed E-state index contributed by atoms with van der Waals surface area (Å²) in [5.41, 5.74) is 0.916. The molecule has 0 unspecified atom stereocenters. The normalized spacial score (nSPS) is 18.4. The van der Waals surface area contributed by atoms with Gasteiger partial charge in [0.2, 0.25) is 0 Å². The van der Waals surface area contributed by atoms with E-state index in [9.17, 15) is 4.39 Å². The van der Waals surface area contributed by atoms with E-state index < -0.39 is 0 Å². The quantitative estimate of drug-likeness (QED) is 0.871. The third-order valence-corrected chi connectivity index (χ3v) is 4.10. The first-order valence-electron chi connectivity index (χ1n) is 8.17. The molecule has 1 fully saturated rings. The van der Waals surface area contributed by atoms with Crippen LogP contribution in [0.5, 0.6) is 17.2 Å². The Bertz CT molecular complexity index is 704. The van der Waals surface area contributed by atoms with Crippen molar-refractivity contribution in [3.63, 3.8) is 0 Å². The fourth-order valence-corrected chi connectivity index (χ4v) is 2.83. The zero-order valence-electron chi connectivity index (χ0n) is 14.3. The number of nitrogens with one attached hydrogen (secondary N) is 1. The van der Waals surface area contributed by atoms with Crippen molar-refractivity contribution in [1.82, 2.24) is 5.32 Å². The molecule has 5 nitrogen and oxygen atoms in total. The molecule has 25 heavy (non-hydrogen) atoms. The van der Waals surface area contributed by atoms with E-state index >= 15 is 0 Å². The maximum atomic E-state index is 13.5. The van der Waals surface area contributed by atoms with Crippen LogP contribution in [0.15, 0.2) is 42.5 Å². The highest BCUT2D eigenvalue weighted by atomic mass is 19.1. The van der Waals surface area contributed by atoms with Gasteiger partial charge in [-0.25, -0.2) is 4.39 Å². The van der Waals surface area contributed by atoms with Crippen LogP contribution in [0.2, 0.25) is 0 Å². The molecule has 2 aromatic rings. The average molecular weight is 347 g/mol. The summed E-state index contributed by atoms with van der Waals surface area (Å²) < 4.78 is 36.1. The smallest absolute Gasteiger partial charge is 0.163 e. The molecule has 1 aliphatic rings. The number of hydrogen-bond acceptors (Lipinski definition) is 5. The summed E-state index contributed by atoms with van der Waals surface area (Å²) in [6, 6.07) is 11.9. The molecule has 1 saturated heterocycles. The number of morpholine rings is 1. The van der Waals surface area contributed by atoms with E-state index in [1.54, 1.807) is 13.2 Å². The van der Waals surface area contributed by atoms with Gasteiger partial charge in [0, 0.05) is 19.2 Å². The lowest BCUT2D eigenvalue weighted by molar-refractivity contribution is -0.0439. The van der Waals surface area contributed by atoms with Crippen molar-refractivity contribution in [1.29, 1.82) is 0 Å². The van der Waals surface area contributed by atoms with Gasteiger partial charge in [-0.15, -0.1) is 0 Å². The predicted molar refractivity (Wildman–Crippen MR) is 91.9 cm³/mol. The molecule has 6 heteroatoms. The first kappa shape index (κ1) is 17.5. The van der Waals surface area contributed by atoms with Crippen LogP contribution < -0.4 is 19.5 Å². The van der Waals surface area contributed by atoms with Crippen molar-refractivity contribution in [2.45, 2.75) is 12.2 Å². The minimum atomic E-state index is -0.387. The van der Waals surface area contributed by atoms with Crippen molar-refractivity contribution >= 4 is 0 Å². The second-order valence-corrected chi connectivity index (χ2v) is 5.72. The van der Waals surface area contributed by atoms with Crippen LogP contribution in [0.1, 0.15) is 11.7 Å². The summed E-state index contributed by atoms with van der Waals surface area (Å²) in [5.74, 6) is 1.17. The molecule has 3 rings (SSSR count). The summed E-state index contributed by atoms with van der Waals surface area (Å²) >= 11 is 0. The maximum Gasteiger partial charge on any atom is 0.163 e. The van der Waals surface area contributed by atoms with Crippen molar-refractivity contribution in [3.8, 4) is 17.2 Å². The van der Waals surface area contributed by atoms with E-state index in [4.69, 9.17) is 18.9 Å². The van der Waals surface area contributed by atoms with Crippen LogP contribution in [-0.2, 0) is 4.74 Å². The Morgan fingerprint density at radius 2 is 2.00 bits per heavy atom.